The first kappa shape index (κ1) is 13.2. The third-order valence-corrected chi connectivity index (χ3v) is 6.35. The minimum absolute atomic E-state index is 0. The monoisotopic (exact) mass is 225 g/mol. The van der Waals surface area contributed by atoms with Crippen molar-refractivity contribution in [1.82, 2.24) is 0 Å². The SMILES string of the molecule is CC[Si](CC)C1C=Cc2ccccc21.[H-].[Na+]. The topological polar surface area (TPSA) is 0 Å². The van der Waals surface area contributed by atoms with E-state index in [1.54, 1.807) is 5.56 Å². The Morgan fingerprint density at radius 3 is 2.53 bits per heavy atom. The van der Waals surface area contributed by atoms with Crippen LogP contribution in [0, 0.1) is 0 Å². The summed E-state index contributed by atoms with van der Waals surface area (Å²) < 4.78 is 0. The van der Waals surface area contributed by atoms with Crippen LogP contribution >= 0.6 is 0 Å². The summed E-state index contributed by atoms with van der Waals surface area (Å²) in [5.41, 5.74) is 3.79. The summed E-state index contributed by atoms with van der Waals surface area (Å²) in [5.74, 6) is 0. The fraction of sp³-hybridized carbons (Fsp3) is 0.385. The normalized spacial score (nSPS) is 17.7. The van der Waals surface area contributed by atoms with Gasteiger partial charge < -0.3 is 1.43 Å². The predicted molar refractivity (Wildman–Crippen MR) is 66.0 cm³/mol. The molecule has 0 aromatic heterocycles. The zero-order chi connectivity index (χ0) is 9.97. The molecule has 0 spiro atoms. The van der Waals surface area contributed by atoms with E-state index in [4.69, 9.17) is 0 Å². The fourth-order valence-corrected chi connectivity index (χ4v) is 4.75. The van der Waals surface area contributed by atoms with Gasteiger partial charge in [0, 0.05) is 0 Å². The average molecular weight is 225 g/mol. The van der Waals surface area contributed by atoms with E-state index in [2.05, 4.69) is 50.3 Å². The maximum absolute atomic E-state index is 2.42. The molecule has 0 aliphatic heterocycles. The summed E-state index contributed by atoms with van der Waals surface area (Å²) in [7, 11) is -0.200. The van der Waals surface area contributed by atoms with Gasteiger partial charge in [0.05, 0.1) is 8.80 Å². The molecule has 1 aliphatic rings. The molecule has 2 rings (SSSR count). The van der Waals surface area contributed by atoms with Gasteiger partial charge in [-0.3, -0.25) is 0 Å². The first-order chi connectivity index (χ1) is 6.86. The van der Waals surface area contributed by atoms with Crippen molar-refractivity contribution in [2.75, 3.05) is 0 Å². The maximum atomic E-state index is 2.42. The van der Waals surface area contributed by atoms with Gasteiger partial charge in [-0.25, -0.2) is 0 Å². The van der Waals surface area contributed by atoms with Crippen LogP contribution in [-0.2, 0) is 0 Å². The first-order valence-corrected chi connectivity index (χ1v) is 7.47. The molecule has 0 amide bonds. The van der Waals surface area contributed by atoms with Crippen LogP contribution in [0.3, 0.4) is 0 Å². The quantitative estimate of drug-likeness (QED) is 0.673. The summed E-state index contributed by atoms with van der Waals surface area (Å²) in [6.07, 6.45) is 4.72. The van der Waals surface area contributed by atoms with E-state index in [0.717, 1.165) is 5.54 Å². The summed E-state index contributed by atoms with van der Waals surface area (Å²) in [6.45, 7) is 4.68. The summed E-state index contributed by atoms with van der Waals surface area (Å²) in [4.78, 5) is 0. The van der Waals surface area contributed by atoms with E-state index in [-0.39, 0.29) is 39.8 Å². The Morgan fingerprint density at radius 2 is 1.87 bits per heavy atom. The number of allylic oxidation sites excluding steroid dienone is 1. The Labute approximate surface area is 118 Å². The molecule has 0 bridgehead atoms. The van der Waals surface area contributed by atoms with Crippen LogP contribution in [0.4, 0.5) is 0 Å². The van der Waals surface area contributed by atoms with Crippen LogP contribution in [0.5, 0.6) is 0 Å². The molecule has 0 fully saturated rings. The third-order valence-electron chi connectivity index (χ3n) is 3.15. The van der Waals surface area contributed by atoms with Crippen molar-refractivity contribution in [1.29, 1.82) is 0 Å². The summed E-state index contributed by atoms with van der Waals surface area (Å²) in [6, 6.07) is 11.6. The van der Waals surface area contributed by atoms with Gasteiger partial charge in [-0.2, -0.15) is 0 Å². The van der Waals surface area contributed by atoms with E-state index in [0.29, 0.717) is 0 Å². The standard InChI is InChI=1S/C13H17Si.Na.H/c1-3-14(4-2)13-10-9-11-7-5-6-8-12(11)13;;/h5-10,13H,3-4H2,1-2H3;;/q;+1;-1. The molecular weight excluding hydrogens is 207 g/mol. The van der Waals surface area contributed by atoms with Crippen molar-refractivity contribution in [2.45, 2.75) is 31.5 Å². The molecule has 75 valence electrons. The number of benzene rings is 1. The molecule has 1 aromatic rings. The minimum Gasteiger partial charge on any atom is -1.00 e. The fourth-order valence-electron chi connectivity index (χ4n) is 2.30. The minimum atomic E-state index is -0.200. The van der Waals surface area contributed by atoms with Gasteiger partial charge in [0.1, 0.15) is 0 Å². The molecule has 15 heavy (non-hydrogen) atoms. The van der Waals surface area contributed by atoms with E-state index in [1.807, 2.05) is 0 Å². The van der Waals surface area contributed by atoms with Gasteiger partial charge >= 0.3 is 29.6 Å². The van der Waals surface area contributed by atoms with Crippen molar-refractivity contribution < 1.29 is 31.0 Å². The van der Waals surface area contributed by atoms with E-state index in [1.165, 1.54) is 17.7 Å². The second-order valence-corrected chi connectivity index (χ2v) is 7.18. The molecule has 1 radical (unpaired) electrons. The predicted octanol–water partition coefficient (Wildman–Crippen LogP) is 0.987. The van der Waals surface area contributed by atoms with Crippen LogP contribution in [0.15, 0.2) is 30.3 Å². The molecule has 0 saturated heterocycles. The molecule has 0 N–H and O–H groups in total. The molecule has 2 heteroatoms. The Kier molecular flexibility index (Phi) is 5.34. The third kappa shape index (κ3) is 2.65. The average Bonchev–Trinajstić information content (AvgIpc) is 2.65. The van der Waals surface area contributed by atoms with E-state index < -0.39 is 0 Å². The van der Waals surface area contributed by atoms with Crippen molar-refractivity contribution in [3.8, 4) is 0 Å². The Hall–Kier alpha value is 0.177. The first-order valence-electron chi connectivity index (χ1n) is 5.48. The van der Waals surface area contributed by atoms with Crippen molar-refractivity contribution >= 4 is 14.9 Å². The van der Waals surface area contributed by atoms with Crippen LogP contribution in [-0.4, -0.2) is 8.80 Å². The van der Waals surface area contributed by atoms with Gasteiger partial charge in [-0.05, 0) is 16.7 Å². The molecule has 1 unspecified atom stereocenters. The Morgan fingerprint density at radius 1 is 1.20 bits per heavy atom. The smallest absolute Gasteiger partial charge is 1.00 e. The second kappa shape index (κ2) is 6.05. The van der Waals surface area contributed by atoms with Gasteiger partial charge in [0.25, 0.3) is 0 Å². The Bertz CT molecular complexity index is 348. The van der Waals surface area contributed by atoms with Crippen molar-refractivity contribution in [2.24, 2.45) is 0 Å². The van der Waals surface area contributed by atoms with Gasteiger partial charge in [-0.1, -0.05) is 62.4 Å². The van der Waals surface area contributed by atoms with Crippen molar-refractivity contribution in [3.63, 3.8) is 0 Å². The van der Waals surface area contributed by atoms with E-state index >= 15 is 0 Å². The van der Waals surface area contributed by atoms with Crippen LogP contribution in [0.1, 0.15) is 31.9 Å². The number of rotatable bonds is 3. The molecule has 0 saturated carbocycles. The summed E-state index contributed by atoms with van der Waals surface area (Å²) in [5, 5.41) is 0. The number of hydrogen-bond acceptors (Lipinski definition) is 0. The molecule has 1 aliphatic carbocycles. The molecular formula is C13H18NaSi. The summed E-state index contributed by atoms with van der Waals surface area (Å²) >= 11 is 0. The Balaban J connectivity index is 0.00000112. The van der Waals surface area contributed by atoms with Crippen LogP contribution < -0.4 is 29.6 Å². The van der Waals surface area contributed by atoms with Gasteiger partial charge in [-0.15, -0.1) is 0 Å². The zero-order valence-corrected chi connectivity index (χ0v) is 13.0. The van der Waals surface area contributed by atoms with Crippen molar-refractivity contribution in [3.05, 3.63) is 41.5 Å². The van der Waals surface area contributed by atoms with Gasteiger partial charge in [0.15, 0.2) is 0 Å². The largest absolute Gasteiger partial charge is 1.00 e. The van der Waals surface area contributed by atoms with Gasteiger partial charge in [0.2, 0.25) is 0 Å². The van der Waals surface area contributed by atoms with Crippen LogP contribution in [0.2, 0.25) is 12.1 Å². The van der Waals surface area contributed by atoms with Crippen LogP contribution in [0.25, 0.3) is 6.08 Å². The van der Waals surface area contributed by atoms with E-state index in [9.17, 15) is 0 Å². The number of fused-ring (bicyclic) bond motifs is 1. The maximum Gasteiger partial charge on any atom is 1.00 e. The number of hydrogen-bond donors (Lipinski definition) is 0. The molecule has 1 atom stereocenters. The zero-order valence-electron chi connectivity index (χ0n) is 11.0. The molecule has 0 heterocycles. The second-order valence-electron chi connectivity index (χ2n) is 3.83. The molecule has 1 aromatic carbocycles. The molecule has 0 nitrogen and oxygen atoms in total.